The number of aromatic amines is 1. The number of para-hydroxylation sites is 1. The average Bonchev–Trinajstić information content (AvgIpc) is 2.92. The molecule has 4 atom stereocenters. The van der Waals surface area contributed by atoms with E-state index < -0.39 is 30.4 Å². The van der Waals surface area contributed by atoms with Crippen LogP contribution in [0.15, 0.2) is 30.3 Å². The van der Waals surface area contributed by atoms with Gasteiger partial charge in [-0.05, 0) is 6.07 Å². The van der Waals surface area contributed by atoms with Crippen molar-refractivity contribution in [1.82, 2.24) is 4.98 Å². The molecule has 0 fully saturated rings. The van der Waals surface area contributed by atoms with Gasteiger partial charge in [-0.25, -0.2) is 4.79 Å². The van der Waals surface area contributed by atoms with Gasteiger partial charge in [0.15, 0.2) is 24.4 Å². The van der Waals surface area contributed by atoms with E-state index in [1.807, 2.05) is 0 Å². The molecule has 5 N–H and O–H groups in total. The van der Waals surface area contributed by atoms with E-state index in [0.717, 1.165) is 5.39 Å². The molecule has 0 saturated carbocycles. The van der Waals surface area contributed by atoms with Gasteiger partial charge in [0, 0.05) is 17.0 Å². The standard InChI is InChI=1S/C14H15NO7.Na.H/c16-6-9(17)13(11(18)12(19)14(20)21)22-10-5-7-3-1-2-4-8(7)15-10;;/h1-6,9,11-13,15,17-19H,(H,20,21);;/q;+1;-1/t9-,11+,12-,13+;;/m0../s1. The number of aldehydes is 1. The number of nitrogens with one attached hydrogen (secondary N) is 1. The molecule has 1 aromatic heterocycles. The molecular weight excluding hydrogens is 317 g/mol. The maximum absolute atomic E-state index is 10.7. The van der Waals surface area contributed by atoms with Crippen molar-refractivity contribution < 1.29 is 65.7 Å². The van der Waals surface area contributed by atoms with Gasteiger partial charge in [-0.1, -0.05) is 18.2 Å². The van der Waals surface area contributed by atoms with E-state index in [1.54, 1.807) is 30.3 Å². The predicted octanol–water partition coefficient (Wildman–Crippen LogP) is -3.60. The third-order valence-electron chi connectivity index (χ3n) is 3.16. The van der Waals surface area contributed by atoms with Crippen LogP contribution in [0.3, 0.4) is 0 Å². The second kappa shape index (κ2) is 8.44. The topological polar surface area (TPSA) is 140 Å². The van der Waals surface area contributed by atoms with Crippen LogP contribution in [0.4, 0.5) is 0 Å². The van der Waals surface area contributed by atoms with E-state index in [0.29, 0.717) is 5.52 Å². The van der Waals surface area contributed by atoms with Crippen molar-refractivity contribution >= 4 is 23.2 Å². The summed E-state index contributed by atoms with van der Waals surface area (Å²) in [7, 11) is 0. The zero-order valence-electron chi connectivity index (χ0n) is 13.3. The third kappa shape index (κ3) is 4.54. The molecule has 0 amide bonds. The number of carboxylic acids is 1. The molecule has 0 aliphatic rings. The molecule has 0 bridgehead atoms. The fourth-order valence-corrected chi connectivity index (χ4v) is 2.00. The van der Waals surface area contributed by atoms with Crippen LogP contribution in [-0.2, 0) is 9.59 Å². The number of carbonyl (C=O) groups excluding carboxylic acids is 1. The fourth-order valence-electron chi connectivity index (χ4n) is 2.00. The number of benzene rings is 1. The molecule has 0 aliphatic heterocycles. The molecule has 1 aromatic carbocycles. The molecular formula is C14H16NNaO7. The number of H-pyrrole nitrogens is 1. The Kier molecular flexibility index (Phi) is 7.20. The number of aliphatic hydroxyl groups excluding tert-OH is 3. The summed E-state index contributed by atoms with van der Waals surface area (Å²) >= 11 is 0. The van der Waals surface area contributed by atoms with Gasteiger partial charge in [-0.3, -0.25) is 0 Å². The Balaban J connectivity index is 0.00000264. The fraction of sp³-hybridized carbons (Fsp3) is 0.286. The Morgan fingerprint density at radius 2 is 1.91 bits per heavy atom. The first-order valence-electron chi connectivity index (χ1n) is 6.40. The maximum Gasteiger partial charge on any atom is 1.00 e. The Morgan fingerprint density at radius 3 is 2.48 bits per heavy atom. The number of hydrogen-bond acceptors (Lipinski definition) is 6. The quantitative estimate of drug-likeness (QED) is 0.260. The summed E-state index contributed by atoms with van der Waals surface area (Å²) in [5.41, 5.74) is 0.713. The van der Waals surface area contributed by atoms with Gasteiger partial charge in [0.05, 0.1) is 0 Å². The summed E-state index contributed by atoms with van der Waals surface area (Å²) in [6.07, 6.45) is -7.56. The molecule has 0 spiro atoms. The van der Waals surface area contributed by atoms with Crippen LogP contribution in [0.2, 0.25) is 0 Å². The minimum atomic E-state index is -2.20. The van der Waals surface area contributed by atoms with E-state index in [4.69, 9.17) is 9.84 Å². The Hall–Kier alpha value is -1.42. The average molecular weight is 333 g/mol. The molecule has 2 aromatic rings. The summed E-state index contributed by atoms with van der Waals surface area (Å²) in [4.78, 5) is 24.3. The van der Waals surface area contributed by atoms with E-state index in [2.05, 4.69) is 4.98 Å². The second-order valence-electron chi connectivity index (χ2n) is 4.70. The normalized spacial score (nSPS) is 16.0. The van der Waals surface area contributed by atoms with Crippen LogP contribution < -0.4 is 34.3 Å². The number of ether oxygens (including phenoxy) is 1. The van der Waals surface area contributed by atoms with Crippen molar-refractivity contribution in [3.63, 3.8) is 0 Å². The maximum atomic E-state index is 10.7. The smallest absolute Gasteiger partial charge is 1.00 e. The van der Waals surface area contributed by atoms with E-state index >= 15 is 0 Å². The van der Waals surface area contributed by atoms with Gasteiger partial charge in [0.25, 0.3) is 0 Å². The molecule has 8 nitrogen and oxygen atoms in total. The molecule has 0 aliphatic carbocycles. The molecule has 0 radical (unpaired) electrons. The zero-order valence-corrected chi connectivity index (χ0v) is 14.3. The first-order valence-corrected chi connectivity index (χ1v) is 6.40. The largest absolute Gasteiger partial charge is 1.00 e. The number of rotatable bonds is 7. The monoisotopic (exact) mass is 333 g/mol. The Labute approximate surface area is 154 Å². The molecule has 1 heterocycles. The number of aliphatic hydroxyl groups is 3. The molecule has 23 heavy (non-hydrogen) atoms. The summed E-state index contributed by atoms with van der Waals surface area (Å²) in [6.45, 7) is 0. The van der Waals surface area contributed by atoms with Gasteiger partial charge in [-0.2, -0.15) is 0 Å². The van der Waals surface area contributed by atoms with Gasteiger partial charge in [0.2, 0.25) is 0 Å². The summed E-state index contributed by atoms with van der Waals surface area (Å²) in [5.74, 6) is -1.58. The summed E-state index contributed by atoms with van der Waals surface area (Å²) in [6, 6.07) is 8.67. The number of hydrogen-bond donors (Lipinski definition) is 5. The van der Waals surface area contributed by atoms with Crippen LogP contribution in [0.5, 0.6) is 5.88 Å². The van der Waals surface area contributed by atoms with E-state index in [1.165, 1.54) is 0 Å². The van der Waals surface area contributed by atoms with Crippen LogP contribution in [0.25, 0.3) is 10.9 Å². The third-order valence-corrected chi connectivity index (χ3v) is 3.16. The first-order chi connectivity index (χ1) is 10.4. The van der Waals surface area contributed by atoms with Gasteiger partial charge in [0.1, 0.15) is 12.2 Å². The van der Waals surface area contributed by atoms with Crippen molar-refractivity contribution in [3.8, 4) is 5.88 Å². The minimum absolute atomic E-state index is 0. The van der Waals surface area contributed by atoms with Crippen LogP contribution >= 0.6 is 0 Å². The number of aliphatic carboxylic acids is 1. The number of aromatic nitrogens is 1. The Morgan fingerprint density at radius 1 is 1.26 bits per heavy atom. The van der Waals surface area contributed by atoms with Crippen molar-refractivity contribution in [2.75, 3.05) is 0 Å². The first kappa shape index (κ1) is 19.6. The van der Waals surface area contributed by atoms with Gasteiger partial charge >= 0.3 is 35.5 Å². The minimum Gasteiger partial charge on any atom is -1.00 e. The van der Waals surface area contributed by atoms with Crippen LogP contribution in [0.1, 0.15) is 1.43 Å². The molecule has 0 unspecified atom stereocenters. The summed E-state index contributed by atoms with van der Waals surface area (Å²) in [5, 5.41) is 38.2. The van der Waals surface area contributed by atoms with Crippen LogP contribution in [0, 0.1) is 0 Å². The van der Waals surface area contributed by atoms with Crippen molar-refractivity contribution in [3.05, 3.63) is 30.3 Å². The number of fused-ring (bicyclic) bond motifs is 1. The van der Waals surface area contributed by atoms with Crippen molar-refractivity contribution in [2.45, 2.75) is 24.4 Å². The molecule has 0 saturated heterocycles. The molecule has 9 heteroatoms. The number of carboxylic acid groups (broad SMARTS) is 1. The van der Waals surface area contributed by atoms with E-state index in [-0.39, 0.29) is 43.2 Å². The van der Waals surface area contributed by atoms with Crippen LogP contribution in [-0.4, -0.2) is 62.1 Å². The predicted molar refractivity (Wildman–Crippen MR) is 75.5 cm³/mol. The molecule has 120 valence electrons. The van der Waals surface area contributed by atoms with Gasteiger partial charge < -0.3 is 36.4 Å². The van der Waals surface area contributed by atoms with E-state index in [9.17, 15) is 24.9 Å². The second-order valence-corrected chi connectivity index (χ2v) is 4.70. The van der Waals surface area contributed by atoms with Crippen molar-refractivity contribution in [1.29, 1.82) is 0 Å². The SMILES string of the molecule is O=C[C@H](O)[C@@H](Oc1cc2ccccc2[nH]1)[C@H](O)[C@H](O)C(=O)O.[H-].[Na+]. The van der Waals surface area contributed by atoms with Gasteiger partial charge in [-0.15, -0.1) is 0 Å². The summed E-state index contributed by atoms with van der Waals surface area (Å²) < 4.78 is 5.28. The number of carbonyl (C=O) groups is 2. The zero-order chi connectivity index (χ0) is 16.3. The van der Waals surface area contributed by atoms with Crippen molar-refractivity contribution in [2.24, 2.45) is 0 Å². The molecule has 2 rings (SSSR count). The Bertz CT molecular complexity index is 647.